The summed E-state index contributed by atoms with van der Waals surface area (Å²) in [6.45, 7) is 12.1. The van der Waals surface area contributed by atoms with Crippen LogP contribution >= 0.6 is 0 Å². The molecule has 114 valence electrons. The largest absolute Gasteiger partial charge is 0.380 e. The Morgan fingerprint density at radius 2 is 1.60 bits per heavy atom. The first-order valence-corrected chi connectivity index (χ1v) is 8.08. The highest BCUT2D eigenvalue weighted by Crippen LogP contribution is 2.36. The lowest BCUT2D eigenvalue weighted by atomic mass is 9.80. The number of halogens is 1. The molecule has 0 spiro atoms. The Labute approximate surface area is 121 Å². The Hall–Kier alpha value is -1.10. The molecule has 0 aliphatic carbocycles. The van der Waals surface area contributed by atoms with Crippen LogP contribution in [0.3, 0.4) is 0 Å². The molecular weight excluding hydrogens is 279 g/mol. The zero-order chi connectivity index (χ0) is 15.8. The zero-order valence-corrected chi connectivity index (χ0v) is 13.8. The third-order valence-corrected chi connectivity index (χ3v) is 3.70. The molecule has 1 aromatic carbocycles. The monoisotopic (exact) mass is 302 g/mol. The molecule has 5 heteroatoms. The van der Waals surface area contributed by atoms with Gasteiger partial charge in [0.15, 0.2) is 0 Å². The maximum absolute atomic E-state index is 12.4. The van der Waals surface area contributed by atoms with E-state index in [0.717, 1.165) is 11.1 Å². The fourth-order valence-corrected chi connectivity index (χ4v) is 2.28. The lowest BCUT2D eigenvalue weighted by Crippen LogP contribution is -2.19. The van der Waals surface area contributed by atoms with Crippen LogP contribution in [0, 0.1) is 0 Å². The van der Waals surface area contributed by atoms with Crippen molar-refractivity contribution in [3.63, 3.8) is 0 Å². The van der Waals surface area contributed by atoms with Crippen molar-refractivity contribution >= 4 is 10.1 Å². The molecule has 3 nitrogen and oxygen atoms in total. The van der Waals surface area contributed by atoms with Crippen molar-refractivity contribution in [3.8, 4) is 5.75 Å². The third-order valence-electron chi connectivity index (χ3n) is 3.00. The van der Waals surface area contributed by atoms with Gasteiger partial charge in [0, 0.05) is 5.56 Å². The van der Waals surface area contributed by atoms with Crippen LogP contribution in [0.25, 0.3) is 0 Å². The molecule has 0 fully saturated rings. The maximum atomic E-state index is 12.4. The average molecular weight is 302 g/mol. The van der Waals surface area contributed by atoms with E-state index in [1.54, 1.807) is 6.07 Å². The van der Waals surface area contributed by atoms with Crippen molar-refractivity contribution in [2.45, 2.75) is 52.4 Å². The summed E-state index contributed by atoms with van der Waals surface area (Å²) in [5.41, 5.74) is 1.47. The molecule has 0 amide bonds. The highest BCUT2D eigenvalue weighted by Gasteiger charge is 2.25. The van der Waals surface area contributed by atoms with Gasteiger partial charge in [-0.05, 0) is 22.5 Å². The normalized spacial score (nSPS) is 13.3. The van der Waals surface area contributed by atoms with Crippen molar-refractivity contribution in [1.82, 2.24) is 0 Å². The molecule has 20 heavy (non-hydrogen) atoms. The molecule has 0 N–H and O–H groups in total. The minimum atomic E-state index is -4.17. The van der Waals surface area contributed by atoms with Crippen LogP contribution in [-0.2, 0) is 20.9 Å². The van der Waals surface area contributed by atoms with Crippen molar-refractivity contribution in [1.29, 1.82) is 0 Å². The zero-order valence-electron chi connectivity index (χ0n) is 13.0. The van der Waals surface area contributed by atoms with Gasteiger partial charge in [-0.1, -0.05) is 53.7 Å². The molecule has 0 atom stereocenters. The van der Waals surface area contributed by atoms with Gasteiger partial charge >= 0.3 is 10.1 Å². The average Bonchev–Trinajstić information content (AvgIpc) is 2.26. The minimum Gasteiger partial charge on any atom is -0.380 e. The summed E-state index contributed by atoms with van der Waals surface area (Å²) in [5, 5.41) is 0. The van der Waals surface area contributed by atoms with Crippen molar-refractivity contribution < 1.29 is 17.0 Å². The Bertz CT molecular complexity index is 578. The molecule has 0 unspecified atom stereocenters. The van der Waals surface area contributed by atoms with Gasteiger partial charge in [0.05, 0.1) is 0 Å². The second-order valence-corrected chi connectivity index (χ2v) is 8.46. The summed E-state index contributed by atoms with van der Waals surface area (Å²) in [7, 11) is -4.17. The van der Waals surface area contributed by atoms with Gasteiger partial charge in [0.1, 0.15) is 5.75 Å². The number of benzene rings is 1. The van der Waals surface area contributed by atoms with E-state index in [-0.39, 0.29) is 16.6 Å². The summed E-state index contributed by atoms with van der Waals surface area (Å²) < 4.78 is 40.0. The van der Waals surface area contributed by atoms with E-state index in [1.807, 2.05) is 32.9 Å². The van der Waals surface area contributed by atoms with Crippen LogP contribution < -0.4 is 4.18 Å². The molecule has 1 rings (SSSR count). The van der Waals surface area contributed by atoms with E-state index in [9.17, 15) is 12.8 Å². The summed E-state index contributed by atoms with van der Waals surface area (Å²) in [6, 6.07) is 3.83. The van der Waals surface area contributed by atoms with E-state index in [1.165, 1.54) is 0 Å². The lowest BCUT2D eigenvalue weighted by Gasteiger charge is -2.26. The van der Waals surface area contributed by atoms with Gasteiger partial charge in [-0.2, -0.15) is 8.42 Å². The van der Waals surface area contributed by atoms with Crippen LogP contribution in [0.5, 0.6) is 5.75 Å². The first kappa shape index (κ1) is 17.0. The molecule has 0 saturated heterocycles. The Morgan fingerprint density at radius 1 is 1.05 bits per heavy atom. The topological polar surface area (TPSA) is 43.4 Å². The smallest absolute Gasteiger partial charge is 0.339 e. The number of alkyl halides is 1. The van der Waals surface area contributed by atoms with Crippen LogP contribution in [0.4, 0.5) is 4.39 Å². The van der Waals surface area contributed by atoms with Crippen LogP contribution in [-0.4, -0.2) is 14.4 Å². The molecule has 0 heterocycles. The highest BCUT2D eigenvalue weighted by molar-refractivity contribution is 7.86. The SMILES string of the molecule is CC(C)(C)c1ccc(OS(=O)(=O)CF)c(C(C)(C)C)c1. The maximum Gasteiger partial charge on any atom is 0.339 e. The predicted molar refractivity (Wildman–Crippen MR) is 79.4 cm³/mol. The van der Waals surface area contributed by atoms with E-state index >= 15 is 0 Å². The second-order valence-electron chi connectivity index (χ2n) is 6.96. The predicted octanol–water partition coefficient (Wildman–Crippen LogP) is 3.92. The molecule has 0 aromatic heterocycles. The fraction of sp³-hybridized carbons (Fsp3) is 0.600. The molecule has 0 radical (unpaired) electrons. The molecular formula is C15H23FO3S. The van der Waals surface area contributed by atoms with Gasteiger partial charge in [0.25, 0.3) is 0 Å². The summed E-state index contributed by atoms with van der Waals surface area (Å²) in [4.78, 5) is 0. The molecule has 0 aliphatic rings. The third kappa shape index (κ3) is 4.20. The standard InChI is InChI=1S/C15H23FO3S/c1-14(2,3)11-7-8-13(19-20(17,18)10-16)12(9-11)15(4,5)6/h7-9H,10H2,1-6H3. The van der Waals surface area contributed by atoms with Crippen molar-refractivity contribution in [2.75, 3.05) is 6.01 Å². The first-order valence-electron chi connectivity index (χ1n) is 6.50. The Balaban J connectivity index is 3.40. The van der Waals surface area contributed by atoms with Gasteiger partial charge < -0.3 is 4.18 Å². The van der Waals surface area contributed by atoms with Crippen LogP contribution in [0.15, 0.2) is 18.2 Å². The van der Waals surface area contributed by atoms with Crippen molar-refractivity contribution in [3.05, 3.63) is 29.3 Å². The van der Waals surface area contributed by atoms with Gasteiger partial charge in [-0.25, -0.2) is 4.39 Å². The van der Waals surface area contributed by atoms with Gasteiger partial charge in [-0.3, -0.25) is 0 Å². The number of hydrogen-bond donors (Lipinski definition) is 0. The van der Waals surface area contributed by atoms with Crippen LogP contribution in [0.2, 0.25) is 0 Å². The summed E-state index contributed by atoms with van der Waals surface area (Å²) >= 11 is 0. The van der Waals surface area contributed by atoms with E-state index in [0.29, 0.717) is 0 Å². The Kier molecular flexibility index (Phi) is 4.54. The van der Waals surface area contributed by atoms with Crippen LogP contribution in [0.1, 0.15) is 52.7 Å². The summed E-state index contributed by atoms with van der Waals surface area (Å²) in [5.74, 6) is 0.197. The van der Waals surface area contributed by atoms with Crippen molar-refractivity contribution in [2.24, 2.45) is 0 Å². The molecule has 0 aliphatic heterocycles. The number of rotatable bonds is 3. The molecule has 0 saturated carbocycles. The molecule has 0 bridgehead atoms. The first-order chi connectivity index (χ1) is 8.87. The number of hydrogen-bond acceptors (Lipinski definition) is 3. The highest BCUT2D eigenvalue weighted by atomic mass is 32.2. The Morgan fingerprint density at radius 3 is 2.00 bits per heavy atom. The summed E-state index contributed by atoms with van der Waals surface area (Å²) in [6.07, 6.45) is 0. The molecule has 1 aromatic rings. The fourth-order valence-electron chi connectivity index (χ4n) is 1.81. The van der Waals surface area contributed by atoms with E-state index in [2.05, 4.69) is 20.8 Å². The van der Waals surface area contributed by atoms with E-state index in [4.69, 9.17) is 4.18 Å². The lowest BCUT2D eigenvalue weighted by molar-refractivity contribution is 0.441. The van der Waals surface area contributed by atoms with Gasteiger partial charge in [0.2, 0.25) is 6.01 Å². The van der Waals surface area contributed by atoms with E-state index < -0.39 is 16.1 Å². The minimum absolute atomic E-state index is 0.0580. The van der Waals surface area contributed by atoms with Gasteiger partial charge in [-0.15, -0.1) is 0 Å². The second kappa shape index (κ2) is 5.35. The quantitative estimate of drug-likeness (QED) is 0.795.